The van der Waals surface area contributed by atoms with Crippen molar-refractivity contribution in [1.29, 1.82) is 0 Å². The van der Waals surface area contributed by atoms with Gasteiger partial charge in [0.2, 0.25) is 0 Å². The molecule has 8 heteroatoms. The molecule has 0 aliphatic carbocycles. The highest BCUT2D eigenvalue weighted by Gasteiger charge is 2.07. The van der Waals surface area contributed by atoms with Crippen molar-refractivity contribution < 1.29 is 9.53 Å². The second kappa shape index (κ2) is 9.75. The molecule has 0 aromatic carbocycles. The number of carbonyl (C=O) groups excluding carboxylic acids is 1. The monoisotopic (exact) mass is 313 g/mol. The molecule has 0 aliphatic rings. The summed E-state index contributed by atoms with van der Waals surface area (Å²) in [6, 6.07) is 0. The van der Waals surface area contributed by atoms with E-state index in [0.29, 0.717) is 6.61 Å². The summed E-state index contributed by atoms with van der Waals surface area (Å²) in [6.45, 7) is 2.38. The lowest BCUT2D eigenvalue weighted by Crippen LogP contribution is -2.43. The fraction of sp³-hybridized carbons (Fsp3) is 0.714. The molecule has 0 atom stereocenters. The van der Waals surface area contributed by atoms with Crippen LogP contribution < -0.4 is 17.1 Å². The maximum Gasteiger partial charge on any atom is 0.333 e. The molecule has 124 valence electrons. The van der Waals surface area contributed by atoms with Crippen molar-refractivity contribution >= 4 is 5.97 Å². The average molecular weight is 313 g/mol. The first-order valence-electron chi connectivity index (χ1n) is 7.63. The lowest BCUT2D eigenvalue weighted by molar-refractivity contribution is -0.144. The van der Waals surface area contributed by atoms with Crippen LogP contribution in [0.3, 0.4) is 0 Å². The van der Waals surface area contributed by atoms with Crippen LogP contribution in [0.2, 0.25) is 0 Å². The minimum atomic E-state index is -0.864. The number of unbranched alkanes of at least 4 members (excludes halogenated alkanes) is 5. The number of nitrogens with one attached hydrogen (secondary N) is 2. The summed E-state index contributed by atoms with van der Waals surface area (Å²) in [5.41, 5.74) is -2.54. The van der Waals surface area contributed by atoms with Gasteiger partial charge in [0.25, 0.3) is 0 Å². The van der Waals surface area contributed by atoms with Crippen molar-refractivity contribution in [2.75, 3.05) is 6.61 Å². The van der Waals surface area contributed by atoms with E-state index in [1.165, 1.54) is 19.3 Å². The van der Waals surface area contributed by atoms with Crippen LogP contribution in [0.4, 0.5) is 0 Å². The van der Waals surface area contributed by atoms with Gasteiger partial charge in [-0.05, 0) is 6.42 Å². The average Bonchev–Trinajstić information content (AvgIpc) is 2.45. The molecular weight excluding hydrogens is 290 g/mol. The SMILES string of the molecule is CCCCCCCCOC(=O)CCn1c(=O)[nH]c(=O)[nH]c1=O. The van der Waals surface area contributed by atoms with Gasteiger partial charge < -0.3 is 4.74 Å². The van der Waals surface area contributed by atoms with Crippen LogP contribution in [-0.2, 0) is 16.1 Å². The number of esters is 1. The number of rotatable bonds is 10. The number of hydrogen-bond donors (Lipinski definition) is 2. The third-order valence-electron chi connectivity index (χ3n) is 3.23. The smallest absolute Gasteiger partial charge is 0.333 e. The van der Waals surface area contributed by atoms with E-state index in [1.807, 2.05) is 9.97 Å². The van der Waals surface area contributed by atoms with Crippen molar-refractivity contribution in [2.45, 2.75) is 58.4 Å². The van der Waals surface area contributed by atoms with Gasteiger partial charge in [-0.3, -0.25) is 14.8 Å². The standard InChI is InChI=1S/C14H23N3O5/c1-2-3-4-5-6-7-10-22-11(18)8-9-17-13(20)15-12(19)16-14(17)21/h2-10H2,1H3,(H2,15,16,19,20,21). The Labute approximate surface area is 127 Å². The van der Waals surface area contributed by atoms with E-state index in [9.17, 15) is 19.2 Å². The van der Waals surface area contributed by atoms with Gasteiger partial charge in [0.15, 0.2) is 0 Å². The Morgan fingerprint density at radius 1 is 1.00 bits per heavy atom. The van der Waals surface area contributed by atoms with Crippen molar-refractivity contribution in [2.24, 2.45) is 0 Å². The Morgan fingerprint density at radius 2 is 1.59 bits per heavy atom. The molecule has 8 nitrogen and oxygen atoms in total. The predicted octanol–water partition coefficient (Wildman–Crippen LogP) is 0.519. The van der Waals surface area contributed by atoms with Crippen LogP contribution in [0.25, 0.3) is 0 Å². The molecule has 1 rings (SSSR count). The molecule has 0 unspecified atom stereocenters. The highest BCUT2D eigenvalue weighted by Crippen LogP contribution is 2.05. The normalized spacial score (nSPS) is 10.6. The fourth-order valence-electron chi connectivity index (χ4n) is 2.00. The predicted molar refractivity (Wildman–Crippen MR) is 80.9 cm³/mol. The number of carbonyl (C=O) groups is 1. The van der Waals surface area contributed by atoms with Crippen LogP contribution in [0.15, 0.2) is 14.4 Å². The zero-order valence-electron chi connectivity index (χ0n) is 12.9. The minimum Gasteiger partial charge on any atom is -0.466 e. The maximum absolute atomic E-state index is 11.5. The van der Waals surface area contributed by atoms with Gasteiger partial charge in [0.1, 0.15) is 0 Å². The zero-order chi connectivity index (χ0) is 16.4. The Bertz CT molecular complexity index is 594. The van der Waals surface area contributed by atoms with Gasteiger partial charge >= 0.3 is 23.0 Å². The third-order valence-corrected chi connectivity index (χ3v) is 3.23. The van der Waals surface area contributed by atoms with Gasteiger partial charge in [0.05, 0.1) is 13.0 Å². The lowest BCUT2D eigenvalue weighted by Gasteiger charge is -2.05. The Hall–Kier alpha value is -2.12. The van der Waals surface area contributed by atoms with Crippen LogP contribution in [0.1, 0.15) is 51.9 Å². The summed E-state index contributed by atoms with van der Waals surface area (Å²) in [5, 5.41) is 0. The summed E-state index contributed by atoms with van der Waals surface area (Å²) in [6.07, 6.45) is 6.49. The van der Waals surface area contributed by atoms with Crippen molar-refractivity contribution in [3.63, 3.8) is 0 Å². The highest BCUT2D eigenvalue weighted by molar-refractivity contribution is 5.69. The molecule has 0 saturated carbocycles. The van der Waals surface area contributed by atoms with Gasteiger partial charge in [-0.15, -0.1) is 0 Å². The first-order valence-corrected chi connectivity index (χ1v) is 7.63. The number of H-pyrrole nitrogens is 2. The van der Waals surface area contributed by atoms with E-state index in [0.717, 1.165) is 23.8 Å². The molecule has 2 N–H and O–H groups in total. The van der Waals surface area contributed by atoms with Crippen molar-refractivity contribution in [3.05, 3.63) is 31.5 Å². The molecular formula is C14H23N3O5. The molecule has 0 radical (unpaired) electrons. The number of ether oxygens (including phenoxy) is 1. The van der Waals surface area contributed by atoms with Gasteiger partial charge in [-0.25, -0.2) is 19.0 Å². The van der Waals surface area contributed by atoms with E-state index < -0.39 is 23.0 Å². The first-order chi connectivity index (χ1) is 10.5. The largest absolute Gasteiger partial charge is 0.466 e. The molecule has 1 heterocycles. The number of aromatic amines is 2. The van der Waals surface area contributed by atoms with E-state index >= 15 is 0 Å². The summed E-state index contributed by atoms with van der Waals surface area (Å²) in [5.74, 6) is -0.467. The van der Waals surface area contributed by atoms with E-state index in [-0.39, 0.29) is 13.0 Å². The van der Waals surface area contributed by atoms with Crippen molar-refractivity contribution in [1.82, 2.24) is 14.5 Å². The summed E-state index contributed by atoms with van der Waals surface area (Å²) in [4.78, 5) is 49.0. The zero-order valence-corrected chi connectivity index (χ0v) is 12.9. The van der Waals surface area contributed by atoms with Crippen LogP contribution in [0.5, 0.6) is 0 Å². The topological polar surface area (TPSA) is 114 Å². The molecule has 22 heavy (non-hydrogen) atoms. The summed E-state index contributed by atoms with van der Waals surface area (Å²) in [7, 11) is 0. The second-order valence-electron chi connectivity index (χ2n) is 5.08. The minimum absolute atomic E-state index is 0.0924. The van der Waals surface area contributed by atoms with Crippen LogP contribution in [0, 0.1) is 0 Å². The molecule has 1 aromatic rings. The lowest BCUT2D eigenvalue weighted by atomic mass is 10.1. The van der Waals surface area contributed by atoms with E-state index in [2.05, 4.69) is 6.92 Å². The van der Waals surface area contributed by atoms with Gasteiger partial charge in [-0.2, -0.15) is 0 Å². The number of nitrogens with zero attached hydrogens (tertiary/aromatic N) is 1. The second-order valence-corrected chi connectivity index (χ2v) is 5.08. The van der Waals surface area contributed by atoms with E-state index in [4.69, 9.17) is 4.74 Å². The molecule has 1 aromatic heterocycles. The Kier molecular flexibility index (Phi) is 7.95. The van der Waals surface area contributed by atoms with Crippen molar-refractivity contribution in [3.8, 4) is 0 Å². The highest BCUT2D eigenvalue weighted by atomic mass is 16.5. The molecule has 0 saturated heterocycles. The Balaban J connectivity index is 2.25. The van der Waals surface area contributed by atoms with E-state index in [1.54, 1.807) is 0 Å². The number of aromatic nitrogens is 3. The molecule has 0 amide bonds. The fourth-order valence-corrected chi connectivity index (χ4v) is 2.00. The maximum atomic E-state index is 11.5. The quantitative estimate of drug-likeness (QED) is 0.483. The van der Waals surface area contributed by atoms with Gasteiger partial charge in [0, 0.05) is 6.54 Å². The van der Waals surface area contributed by atoms with Crippen LogP contribution >= 0.6 is 0 Å². The molecule has 0 aliphatic heterocycles. The first kappa shape index (κ1) is 17.9. The molecule has 0 fully saturated rings. The Morgan fingerprint density at radius 3 is 2.23 bits per heavy atom. The summed E-state index contributed by atoms with van der Waals surface area (Å²) >= 11 is 0. The molecule has 0 bridgehead atoms. The number of hydrogen-bond acceptors (Lipinski definition) is 5. The molecule has 0 spiro atoms. The van der Waals surface area contributed by atoms with Crippen LogP contribution in [-0.4, -0.2) is 27.1 Å². The third kappa shape index (κ3) is 6.55. The van der Waals surface area contributed by atoms with Gasteiger partial charge in [-0.1, -0.05) is 39.0 Å². The summed E-state index contributed by atoms with van der Waals surface area (Å²) < 4.78 is 5.79.